The molecule has 0 atom stereocenters. The number of hydrogen-bond acceptors (Lipinski definition) is 10. The van der Waals surface area contributed by atoms with Crippen molar-refractivity contribution in [3.05, 3.63) is 60.1 Å². The number of rotatable bonds is 7. The van der Waals surface area contributed by atoms with E-state index in [4.69, 9.17) is 9.44 Å². The summed E-state index contributed by atoms with van der Waals surface area (Å²) in [5, 5.41) is 24.4. The highest BCUT2D eigenvalue weighted by molar-refractivity contribution is 7.87. The average molecular weight is 462 g/mol. The summed E-state index contributed by atoms with van der Waals surface area (Å²) in [6.45, 7) is 1.78. The van der Waals surface area contributed by atoms with Crippen LogP contribution in [0.1, 0.15) is 11.4 Å². The number of hydrogen-bond donors (Lipinski definition) is 3. The molecule has 0 saturated carbocycles. The summed E-state index contributed by atoms with van der Waals surface area (Å²) < 4.78 is 63.0. The van der Waals surface area contributed by atoms with Gasteiger partial charge in [0.25, 0.3) is 10.1 Å². The Labute approximate surface area is 177 Å². The van der Waals surface area contributed by atoms with Gasteiger partial charge in [0.1, 0.15) is 27.2 Å². The fourth-order valence-corrected chi connectivity index (χ4v) is 3.93. The third kappa shape index (κ3) is 5.22. The van der Waals surface area contributed by atoms with Crippen molar-refractivity contribution in [2.45, 2.75) is 16.7 Å². The lowest BCUT2D eigenvalue weighted by molar-refractivity contribution is 0.475. The second kappa shape index (κ2) is 8.52. The van der Waals surface area contributed by atoms with Crippen molar-refractivity contribution in [1.82, 2.24) is 20.6 Å². The first-order valence-electron chi connectivity index (χ1n) is 8.33. The minimum absolute atomic E-state index is 0.0486. The van der Waals surface area contributed by atoms with Gasteiger partial charge in [-0.1, -0.05) is 17.7 Å². The number of tetrazole rings is 1. The van der Waals surface area contributed by atoms with Crippen molar-refractivity contribution in [2.75, 3.05) is 5.32 Å². The number of aryl methyl sites for hydroxylation is 1. The van der Waals surface area contributed by atoms with E-state index in [0.29, 0.717) is 0 Å². The summed E-state index contributed by atoms with van der Waals surface area (Å²) in [4.78, 5) is -0.804. The van der Waals surface area contributed by atoms with Crippen LogP contribution in [0, 0.1) is 18.3 Å². The van der Waals surface area contributed by atoms with Gasteiger partial charge in [-0.15, -0.1) is 10.2 Å². The van der Waals surface area contributed by atoms with Crippen LogP contribution in [0.25, 0.3) is 5.57 Å². The van der Waals surface area contributed by atoms with Crippen LogP contribution in [0.3, 0.4) is 0 Å². The Bertz CT molecular complexity index is 1380. The minimum atomic E-state index is -4.79. The van der Waals surface area contributed by atoms with Gasteiger partial charge in [-0.05, 0) is 36.4 Å². The lowest BCUT2D eigenvalue weighted by Gasteiger charge is -2.11. The zero-order valence-corrected chi connectivity index (χ0v) is 17.3. The van der Waals surface area contributed by atoms with Gasteiger partial charge in [0.15, 0.2) is 0 Å². The predicted octanol–water partition coefficient (Wildman–Crippen LogP) is 1.50. The first-order chi connectivity index (χ1) is 14.6. The molecule has 31 heavy (non-hydrogen) atoms. The third-order valence-corrected chi connectivity index (χ3v) is 5.98. The van der Waals surface area contributed by atoms with E-state index in [9.17, 15) is 21.4 Å². The van der Waals surface area contributed by atoms with Crippen molar-refractivity contribution in [1.29, 1.82) is 5.26 Å². The Hall–Kier alpha value is -3.80. The molecule has 12 nitrogen and oxygen atoms in total. The first-order valence-corrected chi connectivity index (χ1v) is 11.2. The van der Waals surface area contributed by atoms with Crippen molar-refractivity contribution < 1.29 is 25.6 Å². The molecule has 2 aromatic carbocycles. The molecule has 0 aliphatic rings. The molecule has 0 aliphatic carbocycles. The molecule has 0 aliphatic heterocycles. The van der Waals surface area contributed by atoms with E-state index in [1.165, 1.54) is 18.2 Å². The van der Waals surface area contributed by atoms with E-state index in [0.717, 1.165) is 23.9 Å². The number of benzene rings is 2. The van der Waals surface area contributed by atoms with Crippen LogP contribution in [-0.4, -0.2) is 42.0 Å². The lowest BCUT2D eigenvalue weighted by atomic mass is 10.2. The largest absolute Gasteiger partial charge is 0.379 e. The Morgan fingerprint density at radius 1 is 1.19 bits per heavy atom. The molecule has 3 rings (SSSR count). The van der Waals surface area contributed by atoms with E-state index >= 15 is 0 Å². The van der Waals surface area contributed by atoms with Crippen LogP contribution in [0.4, 0.5) is 5.69 Å². The smallest absolute Gasteiger partial charge is 0.339 e. The van der Waals surface area contributed by atoms with Crippen LogP contribution < -0.4 is 9.50 Å². The molecule has 0 spiro atoms. The lowest BCUT2D eigenvalue weighted by Crippen LogP contribution is -2.11. The standard InChI is InChI=1S/C17H14N6O6S2/c1-11-2-5-14(6-3-11)31(27,28)29-13-4-7-15(16(8-13)30(24,25)26)19-10-12(9-18)17-20-22-23-21-17/h2-8,10,19H,1H3,(H,24,25,26)(H,20,21,22,23). The Kier molecular flexibility index (Phi) is 6.02. The van der Waals surface area contributed by atoms with E-state index < -0.39 is 25.1 Å². The Balaban J connectivity index is 1.94. The fraction of sp³-hybridized carbons (Fsp3) is 0.0588. The van der Waals surface area contributed by atoms with Gasteiger partial charge in [0, 0.05) is 12.3 Å². The highest BCUT2D eigenvalue weighted by Crippen LogP contribution is 2.29. The van der Waals surface area contributed by atoms with Gasteiger partial charge in [0.05, 0.1) is 5.69 Å². The number of allylic oxidation sites excluding steroid dienone is 1. The summed E-state index contributed by atoms with van der Waals surface area (Å²) in [5.41, 5.74) is 0.602. The van der Waals surface area contributed by atoms with Gasteiger partial charge < -0.3 is 9.50 Å². The highest BCUT2D eigenvalue weighted by Gasteiger charge is 2.21. The number of nitrogens with one attached hydrogen (secondary N) is 2. The van der Waals surface area contributed by atoms with Crippen LogP contribution in [0.5, 0.6) is 5.75 Å². The Morgan fingerprint density at radius 3 is 2.48 bits per heavy atom. The predicted molar refractivity (Wildman–Crippen MR) is 107 cm³/mol. The molecule has 0 saturated heterocycles. The number of nitriles is 1. The molecule has 160 valence electrons. The molecule has 0 unspecified atom stereocenters. The van der Waals surface area contributed by atoms with Crippen LogP contribution >= 0.6 is 0 Å². The van der Waals surface area contributed by atoms with Gasteiger partial charge in [-0.2, -0.15) is 27.3 Å². The van der Waals surface area contributed by atoms with E-state index in [1.807, 2.05) is 0 Å². The third-order valence-electron chi connectivity index (χ3n) is 3.83. The van der Waals surface area contributed by atoms with E-state index in [2.05, 4.69) is 25.9 Å². The monoisotopic (exact) mass is 462 g/mol. The van der Waals surface area contributed by atoms with Gasteiger partial charge in [0.2, 0.25) is 5.82 Å². The zero-order valence-electron chi connectivity index (χ0n) is 15.7. The molecule has 1 heterocycles. The summed E-state index contributed by atoms with van der Waals surface area (Å²) in [7, 11) is -9.03. The molecule has 3 aromatic rings. The van der Waals surface area contributed by atoms with Crippen LogP contribution in [0.15, 0.2) is 58.5 Å². The maximum Gasteiger partial charge on any atom is 0.339 e. The van der Waals surface area contributed by atoms with E-state index in [1.54, 1.807) is 25.1 Å². The quantitative estimate of drug-likeness (QED) is 0.262. The van der Waals surface area contributed by atoms with Crippen molar-refractivity contribution in [3.8, 4) is 11.8 Å². The summed E-state index contributed by atoms with van der Waals surface area (Å²) >= 11 is 0. The zero-order chi connectivity index (χ0) is 22.6. The molecular weight excluding hydrogens is 448 g/mol. The number of anilines is 1. The normalized spacial score (nSPS) is 12.2. The van der Waals surface area contributed by atoms with Gasteiger partial charge in [-0.3, -0.25) is 4.55 Å². The molecule has 14 heteroatoms. The molecule has 1 aromatic heterocycles. The van der Waals surface area contributed by atoms with Gasteiger partial charge in [-0.25, -0.2) is 0 Å². The SMILES string of the molecule is Cc1ccc(S(=O)(=O)Oc2ccc(NC=C(C#N)c3nn[nH]n3)c(S(=O)(=O)O)c2)cc1. The van der Waals surface area contributed by atoms with Crippen molar-refractivity contribution in [2.24, 2.45) is 0 Å². The molecular formula is C17H14N6O6S2. The van der Waals surface area contributed by atoms with Crippen molar-refractivity contribution in [3.63, 3.8) is 0 Å². The van der Waals surface area contributed by atoms with E-state index in [-0.39, 0.29) is 27.7 Å². The molecule has 0 radical (unpaired) electrons. The number of aromatic nitrogens is 4. The summed E-state index contributed by atoms with van der Waals surface area (Å²) in [5.74, 6) is -0.394. The first kappa shape index (κ1) is 21.9. The average Bonchev–Trinajstić information content (AvgIpc) is 3.23. The minimum Gasteiger partial charge on any atom is -0.379 e. The topological polar surface area (TPSA) is 188 Å². The fourth-order valence-electron chi connectivity index (χ4n) is 2.34. The second-order valence-corrected chi connectivity index (χ2v) is 8.97. The van der Waals surface area contributed by atoms with Crippen LogP contribution in [-0.2, 0) is 20.2 Å². The number of H-pyrrole nitrogens is 1. The summed E-state index contributed by atoms with van der Waals surface area (Å²) in [6.07, 6.45) is 1.10. The highest BCUT2D eigenvalue weighted by atomic mass is 32.2. The van der Waals surface area contributed by atoms with Crippen molar-refractivity contribution >= 4 is 31.5 Å². The van der Waals surface area contributed by atoms with Crippen LogP contribution in [0.2, 0.25) is 0 Å². The second-order valence-electron chi connectivity index (χ2n) is 6.03. The molecule has 0 amide bonds. The number of nitrogens with zero attached hydrogens (tertiary/aromatic N) is 4. The molecule has 0 fully saturated rings. The maximum atomic E-state index is 12.4. The molecule has 0 bridgehead atoms. The summed E-state index contributed by atoms with van der Waals surface area (Å²) in [6, 6.07) is 10.8. The molecule has 3 N–H and O–H groups in total. The Morgan fingerprint density at radius 2 is 1.90 bits per heavy atom. The number of aromatic amines is 1. The maximum absolute atomic E-state index is 12.4. The van der Waals surface area contributed by atoms with Gasteiger partial charge >= 0.3 is 10.1 Å².